The zero-order valence-electron chi connectivity index (χ0n) is 14.7. The van der Waals surface area contributed by atoms with Crippen molar-refractivity contribution in [2.45, 2.75) is 18.9 Å². The molecule has 2 aliphatic heterocycles. The Kier molecular flexibility index (Phi) is 5.10. The van der Waals surface area contributed by atoms with Crippen LogP contribution in [0.3, 0.4) is 0 Å². The first-order valence-electron chi connectivity index (χ1n) is 8.82. The zero-order valence-corrected chi connectivity index (χ0v) is 16.2. The maximum Gasteiger partial charge on any atom is 0.261 e. The third-order valence-electron chi connectivity index (χ3n) is 4.82. The fourth-order valence-corrected chi connectivity index (χ4v) is 3.66. The Morgan fingerprint density at radius 3 is 2.57 bits per heavy atom. The number of hydrogen-bond donors (Lipinski definition) is 1. The predicted molar refractivity (Wildman–Crippen MR) is 105 cm³/mol. The number of hydrogen-bond acceptors (Lipinski definition) is 4. The van der Waals surface area contributed by atoms with Crippen LogP contribution in [0.2, 0.25) is 10.0 Å². The highest BCUT2D eigenvalue weighted by Crippen LogP contribution is 2.28. The summed E-state index contributed by atoms with van der Waals surface area (Å²) in [7, 11) is 0. The summed E-state index contributed by atoms with van der Waals surface area (Å²) in [6.45, 7) is 0.899. The SMILES string of the molecule is O=C(Nc1ccc2c(c1)C(=O)N(C[C@H]1CCCO1)C2=O)c1ccc(Cl)c(Cl)c1. The van der Waals surface area contributed by atoms with Gasteiger partial charge in [-0.15, -0.1) is 0 Å². The molecule has 1 N–H and O–H groups in total. The first kappa shape index (κ1) is 18.9. The summed E-state index contributed by atoms with van der Waals surface area (Å²) in [6.07, 6.45) is 1.65. The molecule has 3 amide bonds. The molecule has 0 radical (unpaired) electrons. The minimum Gasteiger partial charge on any atom is -0.376 e. The highest BCUT2D eigenvalue weighted by molar-refractivity contribution is 6.42. The van der Waals surface area contributed by atoms with Gasteiger partial charge in [0.2, 0.25) is 0 Å². The van der Waals surface area contributed by atoms with Gasteiger partial charge in [0.05, 0.1) is 33.8 Å². The molecular formula is C20H16Cl2N2O4. The molecule has 1 atom stereocenters. The Hall–Kier alpha value is -2.41. The second kappa shape index (κ2) is 7.54. The van der Waals surface area contributed by atoms with Gasteiger partial charge in [-0.1, -0.05) is 23.2 Å². The molecule has 0 aliphatic carbocycles. The highest BCUT2D eigenvalue weighted by atomic mass is 35.5. The second-order valence-electron chi connectivity index (χ2n) is 6.70. The topological polar surface area (TPSA) is 75.7 Å². The highest BCUT2D eigenvalue weighted by Gasteiger charge is 2.37. The largest absolute Gasteiger partial charge is 0.376 e. The summed E-state index contributed by atoms with van der Waals surface area (Å²) in [5.74, 6) is -1.11. The summed E-state index contributed by atoms with van der Waals surface area (Å²) in [5, 5.41) is 3.34. The van der Waals surface area contributed by atoms with Gasteiger partial charge in [0.25, 0.3) is 17.7 Å². The van der Waals surface area contributed by atoms with E-state index in [0.717, 1.165) is 12.8 Å². The van der Waals surface area contributed by atoms with Gasteiger partial charge in [-0.3, -0.25) is 19.3 Å². The molecule has 0 unspecified atom stereocenters. The molecule has 0 bridgehead atoms. The van der Waals surface area contributed by atoms with Crippen molar-refractivity contribution in [2.24, 2.45) is 0 Å². The Balaban J connectivity index is 1.52. The molecule has 0 saturated carbocycles. The van der Waals surface area contributed by atoms with Crippen molar-refractivity contribution in [1.29, 1.82) is 0 Å². The average Bonchev–Trinajstić information content (AvgIpc) is 3.27. The summed E-state index contributed by atoms with van der Waals surface area (Å²) < 4.78 is 5.53. The van der Waals surface area contributed by atoms with E-state index in [2.05, 4.69) is 5.32 Å². The van der Waals surface area contributed by atoms with Crippen LogP contribution < -0.4 is 5.32 Å². The number of fused-ring (bicyclic) bond motifs is 1. The molecule has 2 heterocycles. The van der Waals surface area contributed by atoms with Gasteiger partial charge in [-0.25, -0.2) is 0 Å². The summed E-state index contributed by atoms with van der Waals surface area (Å²) in [6, 6.07) is 9.21. The third-order valence-corrected chi connectivity index (χ3v) is 5.56. The number of nitrogens with zero attached hydrogens (tertiary/aromatic N) is 1. The standard InChI is InChI=1S/C20H16Cl2N2O4/c21-16-6-3-11(8-17(16)22)18(25)23-12-4-5-14-15(9-12)20(27)24(19(14)26)10-13-2-1-7-28-13/h3-6,8-9,13H,1-2,7,10H2,(H,23,25)/t13-/m1/s1. The van der Waals surface area contributed by atoms with Crippen LogP contribution in [-0.4, -0.2) is 41.9 Å². The van der Waals surface area contributed by atoms with Gasteiger partial charge in [-0.05, 0) is 49.2 Å². The van der Waals surface area contributed by atoms with Crippen LogP contribution in [0, 0.1) is 0 Å². The van der Waals surface area contributed by atoms with Crippen LogP contribution in [0.4, 0.5) is 5.69 Å². The Morgan fingerprint density at radius 1 is 1.07 bits per heavy atom. The van der Waals surface area contributed by atoms with E-state index in [4.69, 9.17) is 27.9 Å². The van der Waals surface area contributed by atoms with Crippen molar-refractivity contribution in [3.63, 3.8) is 0 Å². The van der Waals surface area contributed by atoms with E-state index in [9.17, 15) is 14.4 Å². The number of carbonyl (C=O) groups is 3. The number of amides is 3. The molecule has 8 heteroatoms. The maximum atomic E-state index is 12.7. The van der Waals surface area contributed by atoms with Crippen LogP contribution >= 0.6 is 23.2 Å². The van der Waals surface area contributed by atoms with E-state index in [1.165, 1.54) is 23.1 Å². The number of nitrogens with one attached hydrogen (secondary N) is 1. The lowest BCUT2D eigenvalue weighted by Crippen LogP contribution is -2.36. The molecule has 0 aromatic heterocycles. The summed E-state index contributed by atoms with van der Waals surface area (Å²) >= 11 is 11.8. The smallest absolute Gasteiger partial charge is 0.261 e. The number of imide groups is 1. The van der Waals surface area contributed by atoms with Gasteiger partial charge in [0, 0.05) is 17.9 Å². The molecule has 2 aromatic rings. The van der Waals surface area contributed by atoms with Crippen molar-refractivity contribution >= 4 is 46.6 Å². The third kappa shape index (κ3) is 3.51. The molecule has 4 rings (SSSR count). The molecule has 0 spiro atoms. The summed E-state index contributed by atoms with van der Waals surface area (Å²) in [5.41, 5.74) is 1.35. The predicted octanol–water partition coefficient (Wildman–Crippen LogP) is 4.02. The molecule has 2 aromatic carbocycles. The van der Waals surface area contributed by atoms with E-state index in [1.54, 1.807) is 18.2 Å². The lowest BCUT2D eigenvalue weighted by atomic mass is 10.1. The van der Waals surface area contributed by atoms with Crippen LogP contribution in [0.1, 0.15) is 43.9 Å². The van der Waals surface area contributed by atoms with Crippen molar-refractivity contribution in [2.75, 3.05) is 18.5 Å². The second-order valence-corrected chi connectivity index (χ2v) is 7.51. The van der Waals surface area contributed by atoms with E-state index >= 15 is 0 Å². The van der Waals surface area contributed by atoms with Gasteiger partial charge < -0.3 is 10.1 Å². The number of anilines is 1. The van der Waals surface area contributed by atoms with Crippen LogP contribution in [0.25, 0.3) is 0 Å². The Bertz CT molecular complexity index is 986. The molecule has 1 saturated heterocycles. The van der Waals surface area contributed by atoms with E-state index in [-0.39, 0.29) is 35.0 Å². The minimum atomic E-state index is -0.397. The monoisotopic (exact) mass is 418 g/mol. The van der Waals surface area contributed by atoms with Crippen LogP contribution in [0.5, 0.6) is 0 Å². The van der Waals surface area contributed by atoms with Crippen molar-refractivity contribution < 1.29 is 19.1 Å². The first-order valence-corrected chi connectivity index (χ1v) is 9.58. The van der Waals surface area contributed by atoms with Crippen molar-refractivity contribution in [3.05, 3.63) is 63.1 Å². The zero-order chi connectivity index (χ0) is 19.8. The van der Waals surface area contributed by atoms with Gasteiger partial charge in [0.1, 0.15) is 0 Å². The van der Waals surface area contributed by atoms with Crippen LogP contribution in [-0.2, 0) is 4.74 Å². The van der Waals surface area contributed by atoms with Crippen LogP contribution in [0.15, 0.2) is 36.4 Å². The van der Waals surface area contributed by atoms with E-state index in [1.807, 2.05) is 0 Å². The number of ether oxygens (including phenoxy) is 1. The molecule has 144 valence electrons. The van der Waals surface area contributed by atoms with E-state index in [0.29, 0.717) is 28.4 Å². The Morgan fingerprint density at radius 2 is 1.86 bits per heavy atom. The van der Waals surface area contributed by atoms with Gasteiger partial charge in [-0.2, -0.15) is 0 Å². The fraction of sp³-hybridized carbons (Fsp3) is 0.250. The number of halogens is 2. The minimum absolute atomic E-state index is 0.115. The van der Waals surface area contributed by atoms with Crippen molar-refractivity contribution in [1.82, 2.24) is 4.90 Å². The average molecular weight is 419 g/mol. The number of carbonyl (C=O) groups excluding carboxylic acids is 3. The first-order chi connectivity index (χ1) is 13.4. The maximum absolute atomic E-state index is 12.7. The molecular weight excluding hydrogens is 403 g/mol. The fourth-order valence-electron chi connectivity index (χ4n) is 3.37. The summed E-state index contributed by atoms with van der Waals surface area (Å²) in [4.78, 5) is 38.9. The van der Waals surface area contributed by atoms with E-state index < -0.39 is 5.91 Å². The molecule has 1 fully saturated rings. The van der Waals surface area contributed by atoms with Gasteiger partial charge in [0.15, 0.2) is 0 Å². The van der Waals surface area contributed by atoms with Gasteiger partial charge >= 0.3 is 0 Å². The number of rotatable bonds is 4. The molecule has 6 nitrogen and oxygen atoms in total. The Labute approximate surface area is 171 Å². The lowest BCUT2D eigenvalue weighted by Gasteiger charge is -2.17. The normalized spacial score (nSPS) is 18.5. The quantitative estimate of drug-likeness (QED) is 0.760. The van der Waals surface area contributed by atoms with Crippen molar-refractivity contribution in [3.8, 4) is 0 Å². The molecule has 28 heavy (non-hydrogen) atoms. The number of benzene rings is 2. The molecule has 2 aliphatic rings. The lowest BCUT2D eigenvalue weighted by molar-refractivity contribution is 0.0475.